The summed E-state index contributed by atoms with van der Waals surface area (Å²) >= 11 is 1.17. The zero-order chi connectivity index (χ0) is 14.0. The SMILES string of the molecule is Cn1c(SCC(=O)O)nnc1N1CCOC(C)(C)C1. The number of carbonyl (C=O) groups is 1. The van der Waals surface area contributed by atoms with Gasteiger partial charge in [-0.15, -0.1) is 10.2 Å². The lowest BCUT2D eigenvalue weighted by atomic mass is 10.1. The molecule has 0 unspecified atom stereocenters. The standard InChI is InChI=1S/C11H18N4O3S/c1-11(2)7-15(4-5-18-11)9-12-13-10(14(9)3)19-6-8(16)17/h4-7H2,1-3H3,(H,16,17). The fourth-order valence-electron chi connectivity index (χ4n) is 2.02. The Morgan fingerprint density at radius 1 is 1.53 bits per heavy atom. The minimum absolute atomic E-state index is 0.0133. The summed E-state index contributed by atoms with van der Waals surface area (Å²) < 4.78 is 7.49. The van der Waals surface area contributed by atoms with Gasteiger partial charge in [-0.2, -0.15) is 0 Å². The molecule has 8 heteroatoms. The topological polar surface area (TPSA) is 80.5 Å². The Bertz CT molecular complexity index is 475. The highest BCUT2D eigenvalue weighted by molar-refractivity contribution is 7.99. The summed E-state index contributed by atoms with van der Waals surface area (Å²) in [5.41, 5.74) is -0.210. The lowest BCUT2D eigenvalue weighted by molar-refractivity contribution is -0.133. The van der Waals surface area contributed by atoms with Crippen molar-refractivity contribution in [1.29, 1.82) is 0 Å². The molecule has 0 radical (unpaired) electrons. The van der Waals surface area contributed by atoms with Crippen LogP contribution in [0, 0.1) is 0 Å². The maximum Gasteiger partial charge on any atom is 0.313 e. The summed E-state index contributed by atoms with van der Waals surface area (Å²) in [4.78, 5) is 12.7. The predicted molar refractivity (Wildman–Crippen MR) is 71.6 cm³/mol. The number of morpholine rings is 1. The first kappa shape index (κ1) is 14.1. The molecule has 0 aliphatic carbocycles. The van der Waals surface area contributed by atoms with E-state index in [1.165, 1.54) is 11.8 Å². The van der Waals surface area contributed by atoms with E-state index in [1.54, 1.807) is 0 Å². The van der Waals surface area contributed by atoms with Crippen LogP contribution in [-0.2, 0) is 16.6 Å². The van der Waals surface area contributed by atoms with Crippen molar-refractivity contribution in [2.24, 2.45) is 7.05 Å². The van der Waals surface area contributed by atoms with Gasteiger partial charge in [0.1, 0.15) is 0 Å². The van der Waals surface area contributed by atoms with Gasteiger partial charge in [-0.3, -0.25) is 9.36 Å². The van der Waals surface area contributed by atoms with E-state index in [9.17, 15) is 4.79 Å². The van der Waals surface area contributed by atoms with Gasteiger partial charge in [-0.25, -0.2) is 0 Å². The van der Waals surface area contributed by atoms with Crippen LogP contribution in [0.4, 0.5) is 5.95 Å². The van der Waals surface area contributed by atoms with Gasteiger partial charge in [0.25, 0.3) is 0 Å². The van der Waals surface area contributed by atoms with E-state index < -0.39 is 5.97 Å². The summed E-state index contributed by atoms with van der Waals surface area (Å²) in [6.45, 7) is 6.23. The molecule has 106 valence electrons. The normalized spacial score (nSPS) is 18.6. The van der Waals surface area contributed by atoms with E-state index in [-0.39, 0.29) is 11.4 Å². The van der Waals surface area contributed by atoms with Crippen LogP contribution >= 0.6 is 11.8 Å². The monoisotopic (exact) mass is 286 g/mol. The number of carboxylic acid groups (broad SMARTS) is 1. The highest BCUT2D eigenvalue weighted by Crippen LogP contribution is 2.24. The number of nitrogens with zero attached hydrogens (tertiary/aromatic N) is 4. The third-order valence-corrected chi connectivity index (χ3v) is 3.85. The first-order valence-corrected chi connectivity index (χ1v) is 7.00. The molecule has 1 aliphatic heterocycles. The van der Waals surface area contributed by atoms with Crippen molar-refractivity contribution < 1.29 is 14.6 Å². The molecule has 2 rings (SSSR count). The van der Waals surface area contributed by atoms with Crippen LogP contribution in [0.1, 0.15) is 13.8 Å². The average molecular weight is 286 g/mol. The average Bonchev–Trinajstić information content (AvgIpc) is 2.66. The summed E-state index contributed by atoms with van der Waals surface area (Å²) in [6, 6.07) is 0. The zero-order valence-corrected chi connectivity index (χ0v) is 12.1. The largest absolute Gasteiger partial charge is 0.481 e. The third-order valence-electron chi connectivity index (χ3n) is 2.85. The van der Waals surface area contributed by atoms with Gasteiger partial charge >= 0.3 is 5.97 Å². The molecule has 0 atom stereocenters. The summed E-state index contributed by atoms with van der Waals surface area (Å²) in [5, 5.41) is 17.5. The first-order valence-electron chi connectivity index (χ1n) is 6.02. The Kier molecular flexibility index (Phi) is 4.00. The van der Waals surface area contributed by atoms with Crippen LogP contribution in [0.15, 0.2) is 5.16 Å². The second kappa shape index (κ2) is 5.38. The molecule has 1 aromatic rings. The minimum Gasteiger partial charge on any atom is -0.481 e. The number of hydrogen-bond donors (Lipinski definition) is 1. The van der Waals surface area contributed by atoms with Gasteiger partial charge in [-0.05, 0) is 13.8 Å². The number of carboxylic acids is 1. The van der Waals surface area contributed by atoms with Crippen molar-refractivity contribution in [3.63, 3.8) is 0 Å². The van der Waals surface area contributed by atoms with Gasteiger partial charge in [-0.1, -0.05) is 11.8 Å². The predicted octanol–water partition coefficient (Wildman–Crippen LogP) is 0.607. The molecule has 0 bridgehead atoms. The minimum atomic E-state index is -0.859. The van der Waals surface area contributed by atoms with E-state index in [4.69, 9.17) is 9.84 Å². The molecular formula is C11H18N4O3S. The van der Waals surface area contributed by atoms with Crippen molar-refractivity contribution in [2.45, 2.75) is 24.6 Å². The lowest BCUT2D eigenvalue weighted by Crippen LogP contribution is -2.49. The van der Waals surface area contributed by atoms with E-state index in [1.807, 2.05) is 25.5 Å². The second-order valence-corrected chi connectivity index (χ2v) is 6.00. The van der Waals surface area contributed by atoms with E-state index in [0.29, 0.717) is 11.8 Å². The number of anilines is 1. The van der Waals surface area contributed by atoms with Crippen LogP contribution in [0.25, 0.3) is 0 Å². The molecule has 1 fully saturated rings. The summed E-state index contributed by atoms with van der Waals surface area (Å²) in [6.07, 6.45) is 0. The molecule has 1 aromatic heterocycles. The number of rotatable bonds is 4. The van der Waals surface area contributed by atoms with Crippen LogP contribution in [0.5, 0.6) is 0 Å². The Balaban J connectivity index is 2.10. The maximum atomic E-state index is 10.6. The molecule has 1 N–H and O–H groups in total. The fourth-order valence-corrected chi connectivity index (χ4v) is 2.65. The van der Waals surface area contributed by atoms with Crippen molar-refractivity contribution in [3.8, 4) is 0 Å². The smallest absolute Gasteiger partial charge is 0.313 e. The molecule has 0 aromatic carbocycles. The van der Waals surface area contributed by atoms with Crippen molar-refractivity contribution >= 4 is 23.7 Å². The van der Waals surface area contributed by atoms with Crippen LogP contribution < -0.4 is 4.90 Å². The molecule has 0 spiro atoms. The lowest BCUT2D eigenvalue weighted by Gasteiger charge is -2.38. The number of hydrogen-bond acceptors (Lipinski definition) is 6. The number of aliphatic carboxylic acids is 1. The highest BCUT2D eigenvalue weighted by Gasteiger charge is 2.29. The molecule has 7 nitrogen and oxygen atoms in total. The zero-order valence-electron chi connectivity index (χ0n) is 11.3. The quantitative estimate of drug-likeness (QED) is 0.812. The molecule has 1 saturated heterocycles. The Morgan fingerprint density at radius 3 is 2.89 bits per heavy atom. The van der Waals surface area contributed by atoms with Crippen molar-refractivity contribution in [3.05, 3.63) is 0 Å². The highest BCUT2D eigenvalue weighted by atomic mass is 32.2. The molecular weight excluding hydrogens is 268 g/mol. The van der Waals surface area contributed by atoms with Gasteiger partial charge < -0.3 is 14.7 Å². The van der Waals surface area contributed by atoms with E-state index >= 15 is 0 Å². The first-order chi connectivity index (χ1) is 8.89. The van der Waals surface area contributed by atoms with E-state index in [2.05, 4.69) is 15.1 Å². The van der Waals surface area contributed by atoms with Gasteiger partial charge in [0.2, 0.25) is 5.95 Å². The number of ether oxygens (including phenoxy) is 1. The molecule has 2 heterocycles. The molecule has 0 amide bonds. The number of thioether (sulfide) groups is 1. The maximum absolute atomic E-state index is 10.6. The number of aromatic nitrogens is 3. The fraction of sp³-hybridized carbons (Fsp3) is 0.727. The van der Waals surface area contributed by atoms with Gasteiger partial charge in [0.05, 0.1) is 18.0 Å². The van der Waals surface area contributed by atoms with Crippen LogP contribution in [-0.4, -0.2) is 56.9 Å². The molecule has 1 aliphatic rings. The third kappa shape index (κ3) is 3.38. The molecule has 0 saturated carbocycles. The van der Waals surface area contributed by atoms with Crippen molar-refractivity contribution in [2.75, 3.05) is 30.3 Å². The van der Waals surface area contributed by atoms with Crippen LogP contribution in [0.3, 0.4) is 0 Å². The Hall–Kier alpha value is -1.28. The Morgan fingerprint density at radius 2 is 2.26 bits per heavy atom. The van der Waals surface area contributed by atoms with Gasteiger partial charge in [0, 0.05) is 20.1 Å². The Labute approximate surface area is 115 Å². The van der Waals surface area contributed by atoms with Crippen molar-refractivity contribution in [1.82, 2.24) is 14.8 Å². The van der Waals surface area contributed by atoms with E-state index in [0.717, 1.165) is 19.0 Å². The van der Waals surface area contributed by atoms with Crippen LogP contribution in [0.2, 0.25) is 0 Å². The van der Waals surface area contributed by atoms with Gasteiger partial charge in [0.15, 0.2) is 5.16 Å². The second-order valence-electron chi connectivity index (χ2n) is 5.05. The molecule has 19 heavy (non-hydrogen) atoms. The summed E-state index contributed by atoms with van der Waals surface area (Å²) in [7, 11) is 1.85. The summed E-state index contributed by atoms with van der Waals surface area (Å²) in [5.74, 6) is -0.119.